The van der Waals surface area contributed by atoms with Gasteiger partial charge in [-0.25, -0.2) is 9.97 Å². The van der Waals surface area contributed by atoms with E-state index >= 15 is 0 Å². The van der Waals surface area contributed by atoms with Crippen LogP contribution >= 0.6 is 39.0 Å². The lowest BCUT2D eigenvalue weighted by Gasteiger charge is -2.20. The van der Waals surface area contributed by atoms with E-state index in [4.69, 9.17) is 9.97 Å². The molecule has 9 heteroatoms. The molecule has 0 saturated carbocycles. The van der Waals surface area contributed by atoms with Crippen molar-refractivity contribution in [2.24, 2.45) is 5.92 Å². The van der Waals surface area contributed by atoms with Crippen LogP contribution < -0.4 is 0 Å². The number of thiophene rings is 1. The van der Waals surface area contributed by atoms with Crippen molar-refractivity contribution >= 4 is 70.9 Å². The van der Waals surface area contributed by atoms with E-state index in [1.807, 2.05) is 28.7 Å². The van der Waals surface area contributed by atoms with E-state index in [2.05, 4.69) is 40.0 Å². The molecule has 0 amide bonds. The summed E-state index contributed by atoms with van der Waals surface area (Å²) in [7, 11) is 0. The molecule has 6 nitrogen and oxygen atoms in total. The summed E-state index contributed by atoms with van der Waals surface area (Å²) >= 11 is 6.46. The van der Waals surface area contributed by atoms with Crippen LogP contribution in [0.5, 0.6) is 0 Å². The molecule has 5 aromatic rings. The van der Waals surface area contributed by atoms with Crippen LogP contribution in [0.2, 0.25) is 0 Å². The summed E-state index contributed by atoms with van der Waals surface area (Å²) in [5.41, 5.74) is 6.60. The van der Waals surface area contributed by atoms with Crippen LogP contribution in [-0.2, 0) is 19.3 Å². The molecule has 1 aliphatic carbocycles. The molecule has 0 radical (unpaired) electrons. The average molecular weight is 567 g/mol. The van der Waals surface area contributed by atoms with E-state index in [9.17, 15) is 4.79 Å². The summed E-state index contributed by atoms with van der Waals surface area (Å²) in [6.45, 7) is 4.52. The summed E-state index contributed by atoms with van der Waals surface area (Å²) in [5, 5.41) is 10.8. The first-order valence-corrected chi connectivity index (χ1v) is 14.5. The molecular weight excluding hydrogens is 542 g/mol. The maximum absolute atomic E-state index is 12.6. The van der Waals surface area contributed by atoms with E-state index in [0.717, 1.165) is 44.4 Å². The Balaban J connectivity index is 1.40. The molecule has 178 valence electrons. The van der Waals surface area contributed by atoms with Crippen LogP contribution in [0.25, 0.3) is 26.1 Å². The first-order valence-electron chi connectivity index (χ1n) is 11.9. The van der Waals surface area contributed by atoms with Gasteiger partial charge in [-0.2, -0.15) is 0 Å². The van der Waals surface area contributed by atoms with Gasteiger partial charge in [0.25, 0.3) is 0 Å². The Hall–Kier alpha value is -2.36. The number of hydrogen-bond acceptors (Lipinski definition) is 7. The van der Waals surface area contributed by atoms with Gasteiger partial charge in [0, 0.05) is 21.1 Å². The highest BCUT2D eigenvalue weighted by Gasteiger charge is 2.24. The lowest BCUT2D eigenvalue weighted by molar-refractivity contribution is 0.102. The topological polar surface area (TPSA) is 73.0 Å². The van der Waals surface area contributed by atoms with Crippen LogP contribution in [0, 0.1) is 5.92 Å². The van der Waals surface area contributed by atoms with Crippen molar-refractivity contribution in [3.8, 4) is 0 Å². The Bertz CT molecular complexity index is 1590. The number of nitrogens with zero attached hydrogens (tertiary/aromatic N) is 5. The number of Topliss-reactive ketones (excluding diaryl/α,β-unsaturated/α-hetero) is 1. The Morgan fingerprint density at radius 2 is 1.91 bits per heavy atom. The standard InChI is InChI=1S/C26H24BrN5OS2/c1-14(2)11-19-17-5-3-4-6-18(17)21-22-23(35-25(21)29-19)24-30-31-26(32(24)13-28-22)34-12-20(33)15-7-9-16(27)10-8-15/h7-10,13-14H,3-6,11-12H2,1-2H3. The van der Waals surface area contributed by atoms with Crippen LogP contribution in [0.15, 0.2) is 40.2 Å². The lowest BCUT2D eigenvalue weighted by atomic mass is 9.87. The molecule has 35 heavy (non-hydrogen) atoms. The molecule has 6 rings (SSSR count). The van der Waals surface area contributed by atoms with Gasteiger partial charge in [-0.15, -0.1) is 21.5 Å². The fourth-order valence-corrected chi connectivity index (χ4v) is 7.10. The molecular formula is C26H24BrN5OS2. The zero-order valence-electron chi connectivity index (χ0n) is 19.5. The molecule has 1 aliphatic rings. The van der Waals surface area contributed by atoms with Gasteiger partial charge in [-0.1, -0.05) is 53.7 Å². The minimum atomic E-state index is 0.0589. The number of halogens is 1. The molecule has 0 fully saturated rings. The van der Waals surface area contributed by atoms with Gasteiger partial charge in [0.2, 0.25) is 0 Å². The van der Waals surface area contributed by atoms with Gasteiger partial charge < -0.3 is 0 Å². The highest BCUT2D eigenvalue weighted by Crippen LogP contribution is 2.40. The predicted molar refractivity (Wildman–Crippen MR) is 146 cm³/mol. The third-order valence-electron chi connectivity index (χ3n) is 6.49. The van der Waals surface area contributed by atoms with E-state index in [-0.39, 0.29) is 5.78 Å². The molecule has 0 aliphatic heterocycles. The molecule has 0 N–H and O–H groups in total. The van der Waals surface area contributed by atoms with Gasteiger partial charge in [0.1, 0.15) is 15.9 Å². The van der Waals surface area contributed by atoms with Crippen LogP contribution in [0.1, 0.15) is 53.9 Å². The van der Waals surface area contributed by atoms with Crippen molar-refractivity contribution in [2.45, 2.75) is 51.1 Å². The van der Waals surface area contributed by atoms with Crippen LogP contribution in [0.3, 0.4) is 0 Å². The van der Waals surface area contributed by atoms with Gasteiger partial charge in [-0.3, -0.25) is 9.20 Å². The number of pyridine rings is 1. The first-order chi connectivity index (χ1) is 17.0. The Kier molecular flexibility index (Phi) is 6.10. The highest BCUT2D eigenvalue weighted by atomic mass is 79.9. The number of carbonyl (C=O) groups is 1. The summed E-state index contributed by atoms with van der Waals surface area (Å²) in [6.07, 6.45) is 7.45. The molecule has 1 aromatic carbocycles. The second-order valence-electron chi connectivity index (χ2n) is 9.42. The number of aromatic nitrogens is 5. The molecule has 0 saturated heterocycles. The number of thioether (sulfide) groups is 1. The molecule has 0 spiro atoms. The Labute approximate surface area is 219 Å². The van der Waals surface area contributed by atoms with Crippen LogP contribution in [-0.4, -0.2) is 36.1 Å². The summed E-state index contributed by atoms with van der Waals surface area (Å²) in [6, 6.07) is 7.43. The normalized spacial score (nSPS) is 13.8. The van der Waals surface area contributed by atoms with Crippen molar-refractivity contribution in [1.29, 1.82) is 0 Å². The third kappa shape index (κ3) is 4.17. The van der Waals surface area contributed by atoms with E-state index in [1.165, 1.54) is 46.8 Å². The number of fused-ring (bicyclic) bond motifs is 7. The van der Waals surface area contributed by atoms with Crippen molar-refractivity contribution in [1.82, 2.24) is 24.6 Å². The Morgan fingerprint density at radius 1 is 1.14 bits per heavy atom. The van der Waals surface area contributed by atoms with E-state index in [0.29, 0.717) is 22.4 Å². The zero-order valence-corrected chi connectivity index (χ0v) is 22.8. The second kappa shape index (κ2) is 9.26. The largest absolute Gasteiger partial charge is 0.293 e. The smallest absolute Gasteiger partial charge is 0.197 e. The zero-order chi connectivity index (χ0) is 24.1. The first kappa shape index (κ1) is 23.1. The number of benzene rings is 1. The fraction of sp³-hybridized carbons (Fsp3) is 0.346. The number of carbonyl (C=O) groups excluding carboxylic acids is 1. The monoisotopic (exact) mass is 565 g/mol. The lowest BCUT2D eigenvalue weighted by Crippen LogP contribution is -2.11. The summed E-state index contributed by atoms with van der Waals surface area (Å²) < 4.78 is 3.87. The van der Waals surface area contributed by atoms with Crippen LogP contribution in [0.4, 0.5) is 0 Å². The minimum Gasteiger partial charge on any atom is -0.293 e. The fourth-order valence-electron chi connectivity index (χ4n) is 4.88. The predicted octanol–water partition coefficient (Wildman–Crippen LogP) is 6.70. The number of ketones is 1. The summed E-state index contributed by atoms with van der Waals surface area (Å²) in [5.74, 6) is 0.922. The maximum atomic E-state index is 12.6. The quantitative estimate of drug-likeness (QED) is 0.168. The average Bonchev–Trinajstić information content (AvgIpc) is 3.44. The molecule has 0 bridgehead atoms. The van der Waals surface area contributed by atoms with Crippen molar-refractivity contribution < 1.29 is 4.79 Å². The molecule has 4 heterocycles. The maximum Gasteiger partial charge on any atom is 0.197 e. The summed E-state index contributed by atoms with van der Waals surface area (Å²) in [4.78, 5) is 23.7. The van der Waals surface area contributed by atoms with Gasteiger partial charge >= 0.3 is 0 Å². The molecule has 4 aromatic heterocycles. The third-order valence-corrected chi connectivity index (χ3v) is 9.03. The number of aryl methyl sites for hydroxylation is 1. The van der Waals surface area contributed by atoms with Gasteiger partial charge in [0.05, 0.1) is 11.3 Å². The second-order valence-corrected chi connectivity index (χ2v) is 12.3. The van der Waals surface area contributed by atoms with Gasteiger partial charge in [-0.05, 0) is 61.3 Å². The van der Waals surface area contributed by atoms with Crippen molar-refractivity contribution in [3.05, 3.63) is 57.4 Å². The van der Waals surface area contributed by atoms with Gasteiger partial charge in [0.15, 0.2) is 16.6 Å². The van der Waals surface area contributed by atoms with Crippen molar-refractivity contribution in [3.63, 3.8) is 0 Å². The van der Waals surface area contributed by atoms with E-state index in [1.54, 1.807) is 17.7 Å². The molecule has 0 atom stereocenters. The Morgan fingerprint density at radius 3 is 2.69 bits per heavy atom. The highest BCUT2D eigenvalue weighted by molar-refractivity contribution is 9.10. The molecule has 0 unspecified atom stereocenters. The SMILES string of the molecule is CC(C)Cc1nc2sc3c(ncn4c(SCC(=O)c5ccc(Br)cc5)nnc34)c2c2c1CCCC2. The van der Waals surface area contributed by atoms with Crippen molar-refractivity contribution in [2.75, 3.05) is 5.75 Å². The number of hydrogen-bond donors (Lipinski definition) is 0. The number of rotatable bonds is 6. The van der Waals surface area contributed by atoms with E-state index < -0.39 is 0 Å². The minimum absolute atomic E-state index is 0.0589.